The third kappa shape index (κ3) is 4.50. The van der Waals surface area contributed by atoms with Gasteiger partial charge in [-0.3, -0.25) is 4.79 Å². The van der Waals surface area contributed by atoms with Crippen LogP contribution < -0.4 is 9.64 Å². The maximum atomic E-state index is 12.7. The van der Waals surface area contributed by atoms with Crippen LogP contribution >= 0.6 is 0 Å². The van der Waals surface area contributed by atoms with Gasteiger partial charge in [-0.25, -0.2) is 4.98 Å². The first-order valence-corrected chi connectivity index (χ1v) is 11.0. The Kier molecular flexibility index (Phi) is 5.64. The summed E-state index contributed by atoms with van der Waals surface area (Å²) in [5, 5.41) is 5.13. The van der Waals surface area contributed by atoms with Crippen LogP contribution in [0.4, 0.5) is 5.82 Å². The summed E-state index contributed by atoms with van der Waals surface area (Å²) in [5.74, 6) is 2.52. The van der Waals surface area contributed by atoms with Crippen LogP contribution in [0.25, 0.3) is 22.3 Å². The van der Waals surface area contributed by atoms with Gasteiger partial charge in [0, 0.05) is 38.5 Å². The molecule has 0 aliphatic carbocycles. The molecule has 2 aromatic heterocycles. The third-order valence-electron chi connectivity index (χ3n) is 5.76. The second-order valence-electron chi connectivity index (χ2n) is 8.16. The largest absolute Gasteiger partial charge is 0.484 e. The van der Waals surface area contributed by atoms with Crippen molar-refractivity contribution in [2.75, 3.05) is 37.7 Å². The lowest BCUT2D eigenvalue weighted by molar-refractivity contribution is -0.133. The predicted octanol–water partition coefficient (Wildman–Crippen LogP) is 3.63. The van der Waals surface area contributed by atoms with Gasteiger partial charge in [0.05, 0.1) is 11.1 Å². The van der Waals surface area contributed by atoms with E-state index < -0.39 is 0 Å². The number of carbonyl (C=O) groups excluding carboxylic acids is 1. The molecule has 0 unspecified atom stereocenters. The fraction of sp³-hybridized carbons (Fsp3) is 0.280. The monoisotopic (exact) mass is 443 g/mol. The zero-order chi connectivity index (χ0) is 22.8. The van der Waals surface area contributed by atoms with Crippen LogP contribution in [-0.2, 0) is 4.79 Å². The molecule has 0 bridgehead atoms. The number of hydrogen-bond donors (Lipinski definition) is 0. The van der Waals surface area contributed by atoms with Crippen LogP contribution in [0.15, 0.2) is 59.1 Å². The molecule has 2 aromatic carbocycles. The number of nitrogens with zero attached hydrogens (tertiary/aromatic N) is 5. The number of rotatable bonds is 5. The van der Waals surface area contributed by atoms with Gasteiger partial charge in [-0.2, -0.15) is 4.98 Å². The molecule has 8 heteroatoms. The van der Waals surface area contributed by atoms with Crippen LogP contribution in [0.2, 0.25) is 0 Å². The molecular weight excluding hydrogens is 418 g/mol. The zero-order valence-corrected chi connectivity index (χ0v) is 18.7. The topological polar surface area (TPSA) is 84.6 Å². The Labute approximate surface area is 191 Å². The molecule has 33 heavy (non-hydrogen) atoms. The van der Waals surface area contributed by atoms with Gasteiger partial charge in [0.1, 0.15) is 11.6 Å². The Balaban J connectivity index is 1.31. The Hall–Kier alpha value is -3.94. The van der Waals surface area contributed by atoms with Crippen LogP contribution in [0.3, 0.4) is 0 Å². The lowest BCUT2D eigenvalue weighted by atomic mass is 10.1. The van der Waals surface area contributed by atoms with E-state index in [2.05, 4.69) is 21.1 Å². The minimum atomic E-state index is -0.0170. The first-order valence-electron chi connectivity index (χ1n) is 11.0. The highest BCUT2D eigenvalue weighted by Gasteiger charge is 2.25. The molecule has 4 aromatic rings. The standard InChI is InChI=1S/C25H25N5O3/c1-17-6-5-8-20(14-17)32-16-23(31)29-10-12-30(13-11-29)25-21(24-26-18(2)33-28-24)15-19-7-3-4-9-22(19)27-25/h3-9,14-15H,10-13,16H2,1-2H3. The number of piperazine rings is 1. The van der Waals surface area contributed by atoms with Gasteiger partial charge in [-0.15, -0.1) is 0 Å². The van der Waals surface area contributed by atoms with Crippen molar-refractivity contribution in [1.82, 2.24) is 20.0 Å². The number of benzene rings is 2. The molecule has 0 atom stereocenters. The summed E-state index contributed by atoms with van der Waals surface area (Å²) in [4.78, 5) is 26.1. The lowest BCUT2D eigenvalue weighted by Crippen LogP contribution is -2.50. The Morgan fingerprint density at radius 1 is 1.00 bits per heavy atom. The van der Waals surface area contributed by atoms with E-state index in [0.29, 0.717) is 43.6 Å². The van der Waals surface area contributed by atoms with Gasteiger partial charge in [-0.1, -0.05) is 35.5 Å². The summed E-state index contributed by atoms with van der Waals surface area (Å²) >= 11 is 0. The number of pyridine rings is 1. The maximum absolute atomic E-state index is 12.7. The molecule has 8 nitrogen and oxygen atoms in total. The highest BCUT2D eigenvalue weighted by molar-refractivity contribution is 5.88. The van der Waals surface area contributed by atoms with E-state index in [1.54, 1.807) is 6.92 Å². The van der Waals surface area contributed by atoms with Crippen molar-refractivity contribution in [3.05, 3.63) is 66.1 Å². The number of aromatic nitrogens is 3. The van der Waals surface area contributed by atoms with Gasteiger partial charge in [-0.05, 0) is 36.8 Å². The fourth-order valence-electron chi connectivity index (χ4n) is 4.03. The molecule has 1 amide bonds. The highest BCUT2D eigenvalue weighted by atomic mass is 16.5. The maximum Gasteiger partial charge on any atom is 0.260 e. The van der Waals surface area contributed by atoms with Crippen molar-refractivity contribution in [2.45, 2.75) is 13.8 Å². The molecule has 1 saturated heterocycles. The van der Waals surface area contributed by atoms with E-state index in [-0.39, 0.29) is 12.5 Å². The van der Waals surface area contributed by atoms with Gasteiger partial charge in [0.2, 0.25) is 11.7 Å². The van der Waals surface area contributed by atoms with Gasteiger partial charge in [0.15, 0.2) is 6.61 Å². The number of hydrogen-bond acceptors (Lipinski definition) is 7. The molecular formula is C25H25N5O3. The van der Waals surface area contributed by atoms with Crippen molar-refractivity contribution in [3.63, 3.8) is 0 Å². The molecule has 1 aliphatic rings. The Bertz CT molecular complexity index is 1290. The quantitative estimate of drug-likeness (QED) is 0.466. The van der Waals surface area contributed by atoms with Crippen molar-refractivity contribution in [1.29, 1.82) is 0 Å². The Morgan fingerprint density at radius 2 is 1.82 bits per heavy atom. The molecule has 3 heterocycles. The van der Waals surface area contributed by atoms with Crippen LogP contribution in [-0.4, -0.2) is 58.7 Å². The molecule has 1 aliphatic heterocycles. The van der Waals surface area contributed by atoms with Crippen molar-refractivity contribution >= 4 is 22.6 Å². The smallest absolute Gasteiger partial charge is 0.260 e. The zero-order valence-electron chi connectivity index (χ0n) is 18.7. The molecule has 0 spiro atoms. The first kappa shape index (κ1) is 20.9. The molecule has 5 rings (SSSR count). The minimum Gasteiger partial charge on any atom is -0.484 e. The normalized spacial score (nSPS) is 14.0. The van der Waals surface area contributed by atoms with Crippen molar-refractivity contribution < 1.29 is 14.1 Å². The summed E-state index contributed by atoms with van der Waals surface area (Å²) < 4.78 is 10.9. The van der Waals surface area contributed by atoms with Gasteiger partial charge in [0.25, 0.3) is 5.91 Å². The van der Waals surface area contributed by atoms with E-state index in [9.17, 15) is 4.79 Å². The van der Waals surface area contributed by atoms with Crippen LogP contribution in [0, 0.1) is 13.8 Å². The number of anilines is 1. The summed E-state index contributed by atoms with van der Waals surface area (Å²) in [5.41, 5.74) is 2.83. The molecule has 1 fully saturated rings. The van der Waals surface area contributed by atoms with E-state index in [4.69, 9.17) is 14.2 Å². The number of para-hydroxylation sites is 1. The van der Waals surface area contributed by atoms with E-state index >= 15 is 0 Å². The number of amides is 1. The fourth-order valence-corrected chi connectivity index (χ4v) is 4.03. The van der Waals surface area contributed by atoms with E-state index in [0.717, 1.165) is 27.8 Å². The SMILES string of the molecule is Cc1cccc(OCC(=O)N2CCN(c3nc4ccccc4cc3-c3noc(C)n3)CC2)c1. The average Bonchev–Trinajstić information content (AvgIpc) is 3.28. The Morgan fingerprint density at radius 3 is 2.58 bits per heavy atom. The average molecular weight is 444 g/mol. The van der Waals surface area contributed by atoms with E-state index in [1.165, 1.54) is 0 Å². The lowest BCUT2D eigenvalue weighted by Gasteiger charge is -2.36. The molecule has 0 N–H and O–H groups in total. The van der Waals surface area contributed by atoms with E-state index in [1.807, 2.05) is 60.4 Å². The molecule has 168 valence electrons. The predicted molar refractivity (Wildman–Crippen MR) is 125 cm³/mol. The van der Waals surface area contributed by atoms with Crippen LogP contribution in [0.1, 0.15) is 11.5 Å². The highest BCUT2D eigenvalue weighted by Crippen LogP contribution is 2.31. The number of aryl methyl sites for hydroxylation is 2. The molecule has 0 saturated carbocycles. The van der Waals surface area contributed by atoms with Gasteiger partial charge < -0.3 is 19.1 Å². The minimum absolute atomic E-state index is 0.0170. The summed E-state index contributed by atoms with van der Waals surface area (Å²) in [6, 6.07) is 17.7. The third-order valence-corrected chi connectivity index (χ3v) is 5.76. The first-order chi connectivity index (χ1) is 16.1. The second-order valence-corrected chi connectivity index (χ2v) is 8.16. The van der Waals surface area contributed by atoms with Crippen molar-refractivity contribution in [3.8, 4) is 17.1 Å². The number of ether oxygens (including phenoxy) is 1. The summed E-state index contributed by atoms with van der Waals surface area (Å²) in [6.45, 7) is 6.30. The summed E-state index contributed by atoms with van der Waals surface area (Å²) in [7, 11) is 0. The second kappa shape index (κ2) is 8.90. The number of carbonyl (C=O) groups is 1. The van der Waals surface area contributed by atoms with Crippen molar-refractivity contribution in [2.24, 2.45) is 0 Å². The summed E-state index contributed by atoms with van der Waals surface area (Å²) in [6.07, 6.45) is 0. The number of fused-ring (bicyclic) bond motifs is 1. The van der Waals surface area contributed by atoms with Crippen LogP contribution in [0.5, 0.6) is 5.75 Å². The molecule has 0 radical (unpaired) electrons. The van der Waals surface area contributed by atoms with Gasteiger partial charge >= 0.3 is 0 Å².